The second-order valence-electron chi connectivity index (χ2n) is 5.67. The van der Waals surface area contributed by atoms with Gasteiger partial charge in [-0.15, -0.1) is 0 Å². The van der Waals surface area contributed by atoms with Crippen molar-refractivity contribution < 1.29 is 15.3 Å². The van der Waals surface area contributed by atoms with Crippen molar-refractivity contribution in [3.63, 3.8) is 0 Å². The maximum Gasteiger partial charge on any atom is 0.119 e. The average molecular weight is 265 g/mol. The first-order valence-electron chi connectivity index (χ1n) is 6.97. The van der Waals surface area contributed by atoms with Crippen LogP contribution in [0.2, 0.25) is 0 Å². The highest BCUT2D eigenvalue weighted by molar-refractivity contribution is 5.37. The third-order valence-corrected chi connectivity index (χ3v) is 3.95. The van der Waals surface area contributed by atoms with Gasteiger partial charge in [-0.2, -0.15) is 0 Å². The van der Waals surface area contributed by atoms with E-state index in [1.54, 1.807) is 12.1 Å². The first-order valence-corrected chi connectivity index (χ1v) is 6.97. The fourth-order valence-corrected chi connectivity index (χ4v) is 2.72. The van der Waals surface area contributed by atoms with Crippen molar-refractivity contribution in [1.82, 2.24) is 5.32 Å². The van der Waals surface area contributed by atoms with Crippen LogP contribution in [0.15, 0.2) is 18.2 Å². The van der Waals surface area contributed by atoms with Gasteiger partial charge in [0.1, 0.15) is 11.5 Å². The van der Waals surface area contributed by atoms with E-state index in [1.165, 1.54) is 12.5 Å². The van der Waals surface area contributed by atoms with E-state index in [0.29, 0.717) is 6.54 Å². The standard InChI is InChI=1S/C15H23NO3/c1-11(12-7-13(17)9-14(18)8-12)16-10-15(19)5-3-2-4-6-15/h7-9,11,16-19H,2-6,10H2,1H3. The van der Waals surface area contributed by atoms with E-state index < -0.39 is 5.60 Å². The average Bonchev–Trinajstić information content (AvgIpc) is 2.36. The van der Waals surface area contributed by atoms with Gasteiger partial charge in [0.2, 0.25) is 0 Å². The van der Waals surface area contributed by atoms with Crippen molar-refractivity contribution in [3.05, 3.63) is 23.8 Å². The minimum absolute atomic E-state index is 0.0241. The molecule has 1 aromatic carbocycles. The van der Waals surface area contributed by atoms with Crippen molar-refractivity contribution in [1.29, 1.82) is 0 Å². The zero-order valence-corrected chi connectivity index (χ0v) is 11.4. The van der Waals surface area contributed by atoms with Crippen LogP contribution in [0.4, 0.5) is 0 Å². The monoisotopic (exact) mass is 265 g/mol. The molecule has 1 saturated carbocycles. The summed E-state index contributed by atoms with van der Waals surface area (Å²) in [6.45, 7) is 2.50. The molecule has 0 saturated heterocycles. The molecule has 0 aromatic heterocycles. The summed E-state index contributed by atoms with van der Waals surface area (Å²) < 4.78 is 0. The molecule has 0 radical (unpaired) electrons. The number of aliphatic hydroxyl groups is 1. The lowest BCUT2D eigenvalue weighted by molar-refractivity contribution is 0.00300. The van der Waals surface area contributed by atoms with Gasteiger partial charge in [0.05, 0.1) is 5.60 Å². The molecule has 4 N–H and O–H groups in total. The van der Waals surface area contributed by atoms with E-state index in [0.717, 1.165) is 31.2 Å². The van der Waals surface area contributed by atoms with Crippen LogP contribution in [-0.2, 0) is 0 Å². The zero-order chi connectivity index (χ0) is 13.9. The van der Waals surface area contributed by atoms with Crippen molar-refractivity contribution >= 4 is 0 Å². The summed E-state index contributed by atoms with van der Waals surface area (Å²) >= 11 is 0. The quantitative estimate of drug-likeness (QED) is 0.675. The predicted molar refractivity (Wildman–Crippen MR) is 74.2 cm³/mol. The molecular formula is C15H23NO3. The van der Waals surface area contributed by atoms with E-state index in [9.17, 15) is 15.3 Å². The number of hydrogen-bond donors (Lipinski definition) is 4. The molecule has 1 atom stereocenters. The van der Waals surface area contributed by atoms with E-state index in [-0.39, 0.29) is 17.5 Å². The van der Waals surface area contributed by atoms with Gasteiger partial charge < -0.3 is 20.6 Å². The summed E-state index contributed by atoms with van der Waals surface area (Å²) in [7, 11) is 0. The molecule has 4 heteroatoms. The van der Waals surface area contributed by atoms with E-state index in [4.69, 9.17) is 0 Å². The van der Waals surface area contributed by atoms with Crippen LogP contribution in [0.25, 0.3) is 0 Å². The van der Waals surface area contributed by atoms with Gasteiger partial charge in [-0.1, -0.05) is 19.3 Å². The highest BCUT2D eigenvalue weighted by Gasteiger charge is 2.29. The largest absolute Gasteiger partial charge is 0.508 e. The topological polar surface area (TPSA) is 72.7 Å². The molecule has 0 spiro atoms. The fraction of sp³-hybridized carbons (Fsp3) is 0.600. The van der Waals surface area contributed by atoms with E-state index in [2.05, 4.69) is 5.32 Å². The molecule has 0 amide bonds. The smallest absolute Gasteiger partial charge is 0.119 e. The number of nitrogens with one attached hydrogen (secondary N) is 1. The van der Waals surface area contributed by atoms with Gasteiger partial charge >= 0.3 is 0 Å². The van der Waals surface area contributed by atoms with Crippen molar-refractivity contribution in [2.24, 2.45) is 0 Å². The van der Waals surface area contributed by atoms with E-state index >= 15 is 0 Å². The molecular weight excluding hydrogens is 242 g/mol. The van der Waals surface area contributed by atoms with Crippen LogP contribution < -0.4 is 5.32 Å². The van der Waals surface area contributed by atoms with Gasteiger partial charge in [-0.25, -0.2) is 0 Å². The highest BCUT2D eigenvalue weighted by Crippen LogP contribution is 2.29. The summed E-state index contributed by atoms with van der Waals surface area (Å²) in [5, 5.41) is 32.7. The van der Waals surface area contributed by atoms with Crippen LogP contribution in [0.5, 0.6) is 11.5 Å². The minimum atomic E-state index is -0.606. The Balaban J connectivity index is 1.95. The van der Waals surface area contributed by atoms with Gasteiger partial charge in [0.15, 0.2) is 0 Å². The molecule has 1 unspecified atom stereocenters. The predicted octanol–water partition coefficient (Wildman–Crippen LogP) is 2.44. The first-order chi connectivity index (χ1) is 8.98. The number of rotatable bonds is 4. The lowest BCUT2D eigenvalue weighted by Gasteiger charge is -2.33. The normalized spacial score (nSPS) is 20.1. The van der Waals surface area contributed by atoms with Gasteiger partial charge in [-0.05, 0) is 37.5 Å². The third kappa shape index (κ3) is 3.85. The molecule has 1 aliphatic carbocycles. The van der Waals surface area contributed by atoms with Crippen LogP contribution in [0.1, 0.15) is 50.6 Å². The minimum Gasteiger partial charge on any atom is -0.508 e. The number of phenolic OH excluding ortho intramolecular Hbond substituents is 2. The van der Waals surface area contributed by atoms with Crippen LogP contribution >= 0.6 is 0 Å². The zero-order valence-electron chi connectivity index (χ0n) is 11.4. The van der Waals surface area contributed by atoms with Gasteiger partial charge in [-0.3, -0.25) is 0 Å². The Morgan fingerprint density at radius 2 is 1.68 bits per heavy atom. The molecule has 0 bridgehead atoms. The Bertz CT molecular complexity index is 407. The Morgan fingerprint density at radius 1 is 1.11 bits per heavy atom. The van der Waals surface area contributed by atoms with Gasteiger partial charge in [0.25, 0.3) is 0 Å². The third-order valence-electron chi connectivity index (χ3n) is 3.95. The molecule has 2 rings (SSSR count). The number of phenols is 2. The van der Waals surface area contributed by atoms with Crippen molar-refractivity contribution in [2.75, 3.05) is 6.54 Å². The van der Waals surface area contributed by atoms with Crippen LogP contribution in [0.3, 0.4) is 0 Å². The fourth-order valence-electron chi connectivity index (χ4n) is 2.72. The second-order valence-corrected chi connectivity index (χ2v) is 5.67. The SMILES string of the molecule is CC(NCC1(O)CCCCC1)c1cc(O)cc(O)c1. The maximum absolute atomic E-state index is 10.4. The lowest BCUT2D eigenvalue weighted by Crippen LogP contribution is -2.42. The van der Waals surface area contributed by atoms with Crippen LogP contribution in [0, 0.1) is 0 Å². The van der Waals surface area contributed by atoms with Crippen molar-refractivity contribution in [2.45, 2.75) is 50.7 Å². The second kappa shape index (κ2) is 5.80. The molecule has 19 heavy (non-hydrogen) atoms. The summed E-state index contributed by atoms with van der Waals surface area (Å²) in [5.74, 6) is 0.111. The molecule has 106 valence electrons. The number of hydrogen-bond acceptors (Lipinski definition) is 4. The summed E-state index contributed by atoms with van der Waals surface area (Å²) in [5.41, 5.74) is 0.211. The molecule has 0 heterocycles. The molecule has 0 aliphatic heterocycles. The molecule has 4 nitrogen and oxygen atoms in total. The van der Waals surface area contributed by atoms with Gasteiger partial charge in [0, 0.05) is 18.7 Å². The summed E-state index contributed by atoms with van der Waals surface area (Å²) in [6.07, 6.45) is 5.06. The first kappa shape index (κ1) is 14.2. The Labute approximate surface area is 114 Å². The summed E-state index contributed by atoms with van der Waals surface area (Å²) in [6, 6.07) is 4.54. The number of aromatic hydroxyl groups is 2. The Kier molecular flexibility index (Phi) is 4.32. The lowest BCUT2D eigenvalue weighted by atomic mass is 9.84. The van der Waals surface area contributed by atoms with E-state index in [1.807, 2.05) is 6.92 Å². The maximum atomic E-state index is 10.4. The Hall–Kier alpha value is -1.26. The van der Waals surface area contributed by atoms with Crippen LogP contribution in [-0.4, -0.2) is 27.5 Å². The van der Waals surface area contributed by atoms with Crippen molar-refractivity contribution in [3.8, 4) is 11.5 Å². The Morgan fingerprint density at radius 3 is 2.26 bits per heavy atom. The summed E-state index contributed by atoms with van der Waals surface area (Å²) in [4.78, 5) is 0. The molecule has 1 aromatic rings. The number of benzene rings is 1. The highest BCUT2D eigenvalue weighted by atomic mass is 16.3. The molecule has 1 aliphatic rings. The molecule has 1 fully saturated rings.